The molecule has 4 aromatic rings. The van der Waals surface area contributed by atoms with E-state index in [9.17, 15) is 17.5 Å². The zero-order valence-corrected chi connectivity index (χ0v) is 17.9. The molecule has 0 spiro atoms. The minimum absolute atomic E-state index is 0.158. The first kappa shape index (κ1) is 21.4. The third-order valence-corrected chi connectivity index (χ3v) is 5.82. The molecule has 0 amide bonds. The molecular formula is C21H17F2N6O3S-. The highest BCUT2D eigenvalue weighted by molar-refractivity contribution is 7.77. The van der Waals surface area contributed by atoms with Crippen LogP contribution in [0.3, 0.4) is 0 Å². The molecule has 170 valence electrons. The van der Waals surface area contributed by atoms with E-state index in [4.69, 9.17) is 4.74 Å². The van der Waals surface area contributed by atoms with Gasteiger partial charge in [-0.15, -0.1) is 10.2 Å². The highest BCUT2D eigenvalue weighted by Gasteiger charge is 2.20. The zero-order valence-electron chi connectivity index (χ0n) is 17.0. The van der Waals surface area contributed by atoms with E-state index in [0.29, 0.717) is 47.1 Å². The molecule has 0 bridgehead atoms. The minimum Gasteiger partial charge on any atom is -0.760 e. The Hall–Kier alpha value is -3.48. The van der Waals surface area contributed by atoms with Gasteiger partial charge in [0.15, 0.2) is 5.65 Å². The van der Waals surface area contributed by atoms with E-state index in [0.717, 1.165) is 5.56 Å². The summed E-state index contributed by atoms with van der Waals surface area (Å²) in [4.78, 5) is 4.41. The molecule has 1 atom stereocenters. The first-order chi connectivity index (χ1) is 16.0. The maximum Gasteiger partial charge on any atom is 0.210 e. The highest BCUT2D eigenvalue weighted by atomic mass is 32.2. The van der Waals surface area contributed by atoms with Gasteiger partial charge in [0.25, 0.3) is 0 Å². The smallest absolute Gasteiger partial charge is 0.210 e. The third-order valence-electron chi connectivity index (χ3n) is 5.44. The Morgan fingerprint density at radius 2 is 2.06 bits per heavy atom. The van der Waals surface area contributed by atoms with E-state index in [1.165, 1.54) is 30.7 Å². The molecule has 33 heavy (non-hydrogen) atoms. The summed E-state index contributed by atoms with van der Waals surface area (Å²) >= 11 is -2.48. The fraction of sp³-hybridized carbons (Fsp3) is 0.190. The summed E-state index contributed by atoms with van der Waals surface area (Å²) in [6.45, 7) is 0.554. The molecule has 0 fully saturated rings. The molecule has 2 aromatic heterocycles. The van der Waals surface area contributed by atoms with Crippen LogP contribution < -0.4 is 14.8 Å². The van der Waals surface area contributed by atoms with Gasteiger partial charge >= 0.3 is 0 Å². The maximum atomic E-state index is 14.5. The fourth-order valence-corrected chi connectivity index (χ4v) is 4.10. The quantitative estimate of drug-likeness (QED) is 0.398. The van der Waals surface area contributed by atoms with E-state index in [1.54, 1.807) is 16.5 Å². The minimum atomic E-state index is -2.48. The van der Waals surface area contributed by atoms with E-state index in [2.05, 4.69) is 25.2 Å². The molecule has 2 aromatic carbocycles. The van der Waals surface area contributed by atoms with Gasteiger partial charge in [-0.05, 0) is 23.8 Å². The SMILES string of the molecule is O=S([O-])NCc1ccc(-c2cnc(NCc3c(F)ccc4c3CCO4)n3cnnc23)cc1F. The zero-order chi connectivity index (χ0) is 22.9. The van der Waals surface area contributed by atoms with Crippen molar-refractivity contribution in [3.05, 3.63) is 71.2 Å². The molecule has 2 N–H and O–H groups in total. The summed E-state index contributed by atoms with van der Waals surface area (Å²) in [6, 6.07) is 7.44. The van der Waals surface area contributed by atoms with Gasteiger partial charge in [0.2, 0.25) is 5.95 Å². The second kappa shape index (κ2) is 8.81. The van der Waals surface area contributed by atoms with Crippen LogP contribution in [0.4, 0.5) is 14.7 Å². The van der Waals surface area contributed by atoms with Crippen LogP contribution in [0.25, 0.3) is 16.8 Å². The van der Waals surface area contributed by atoms with Crippen molar-refractivity contribution in [2.24, 2.45) is 0 Å². The van der Waals surface area contributed by atoms with Gasteiger partial charge in [0.05, 0.1) is 6.61 Å². The van der Waals surface area contributed by atoms with Crippen molar-refractivity contribution in [3.63, 3.8) is 0 Å². The Balaban J connectivity index is 1.43. The van der Waals surface area contributed by atoms with E-state index in [1.807, 2.05) is 0 Å². The van der Waals surface area contributed by atoms with Gasteiger partial charge in [0.1, 0.15) is 23.7 Å². The number of nitrogens with zero attached hydrogens (tertiary/aromatic N) is 4. The van der Waals surface area contributed by atoms with Crippen LogP contribution in [0, 0.1) is 11.6 Å². The third kappa shape index (κ3) is 4.15. The number of ether oxygens (including phenoxy) is 1. The second-order valence-corrected chi connectivity index (χ2v) is 8.09. The standard InChI is InChI=1S/C21H18F2N6O3S/c22-17-3-4-19-14(5-6-32-19)16(17)10-25-21-24-9-15(20-28-26-11-29(20)21)12-1-2-13(18(23)7-12)8-27-33(30)31/h1-4,7,9,11,27H,5-6,8,10H2,(H,24,25)(H,30,31)/p-1. The summed E-state index contributed by atoms with van der Waals surface area (Å²) in [7, 11) is 0. The molecule has 0 radical (unpaired) electrons. The summed E-state index contributed by atoms with van der Waals surface area (Å²) < 4.78 is 59.5. The highest BCUT2D eigenvalue weighted by Crippen LogP contribution is 2.31. The molecule has 0 saturated carbocycles. The Morgan fingerprint density at radius 1 is 1.18 bits per heavy atom. The van der Waals surface area contributed by atoms with E-state index in [-0.39, 0.29) is 24.5 Å². The Labute approximate surface area is 189 Å². The average Bonchev–Trinajstić information content (AvgIpc) is 3.47. The molecule has 1 unspecified atom stereocenters. The Morgan fingerprint density at radius 3 is 2.88 bits per heavy atom. The summed E-state index contributed by atoms with van der Waals surface area (Å²) in [5.41, 5.74) is 3.02. The van der Waals surface area contributed by atoms with Gasteiger partial charge in [-0.3, -0.25) is 8.61 Å². The van der Waals surface area contributed by atoms with Crippen LogP contribution in [0.2, 0.25) is 0 Å². The van der Waals surface area contributed by atoms with Gasteiger partial charge in [-0.2, -0.15) is 0 Å². The van der Waals surface area contributed by atoms with Crippen molar-refractivity contribution in [2.75, 3.05) is 11.9 Å². The van der Waals surface area contributed by atoms with Crippen molar-refractivity contribution in [3.8, 4) is 16.9 Å². The van der Waals surface area contributed by atoms with Crippen molar-refractivity contribution in [1.82, 2.24) is 24.3 Å². The Bertz CT molecular complexity index is 1380. The van der Waals surface area contributed by atoms with Crippen LogP contribution in [-0.4, -0.2) is 35.0 Å². The number of aromatic nitrogens is 4. The van der Waals surface area contributed by atoms with Crippen molar-refractivity contribution in [1.29, 1.82) is 0 Å². The molecule has 0 aliphatic carbocycles. The molecule has 12 heteroatoms. The lowest BCUT2D eigenvalue weighted by atomic mass is 10.0. The summed E-state index contributed by atoms with van der Waals surface area (Å²) in [6.07, 6.45) is 3.63. The lowest BCUT2D eigenvalue weighted by Gasteiger charge is -2.13. The van der Waals surface area contributed by atoms with E-state index >= 15 is 0 Å². The maximum absolute atomic E-state index is 14.5. The summed E-state index contributed by atoms with van der Waals surface area (Å²) in [5, 5.41) is 11.2. The van der Waals surface area contributed by atoms with E-state index < -0.39 is 17.1 Å². The molecule has 5 rings (SSSR count). The van der Waals surface area contributed by atoms with Crippen molar-refractivity contribution in [2.45, 2.75) is 19.5 Å². The molecule has 3 heterocycles. The normalized spacial score (nSPS) is 13.7. The largest absolute Gasteiger partial charge is 0.760 e. The topological polar surface area (TPSA) is 116 Å². The van der Waals surface area contributed by atoms with Crippen LogP contribution in [0.5, 0.6) is 5.75 Å². The predicted octanol–water partition coefficient (Wildman–Crippen LogP) is 2.50. The molecule has 1 aliphatic heterocycles. The monoisotopic (exact) mass is 471 g/mol. The lowest BCUT2D eigenvalue weighted by Crippen LogP contribution is -2.16. The molecule has 0 saturated heterocycles. The van der Waals surface area contributed by atoms with Gasteiger partial charge in [0, 0.05) is 59.2 Å². The average molecular weight is 471 g/mol. The van der Waals surface area contributed by atoms with Crippen LogP contribution in [0.15, 0.2) is 42.9 Å². The molecular weight excluding hydrogens is 454 g/mol. The van der Waals surface area contributed by atoms with Gasteiger partial charge < -0.3 is 14.6 Å². The summed E-state index contributed by atoms with van der Waals surface area (Å²) in [5.74, 6) is 0.192. The number of hydrogen-bond acceptors (Lipinski definition) is 7. The second-order valence-electron chi connectivity index (χ2n) is 7.34. The lowest BCUT2D eigenvalue weighted by molar-refractivity contribution is 0.356. The Kier molecular flexibility index (Phi) is 5.70. The van der Waals surface area contributed by atoms with Crippen LogP contribution in [-0.2, 0) is 30.8 Å². The number of anilines is 1. The number of hydrogen-bond donors (Lipinski definition) is 2. The number of nitrogens with one attached hydrogen (secondary N) is 2. The fourth-order valence-electron chi connectivity index (χ4n) is 3.82. The molecule has 9 nitrogen and oxygen atoms in total. The van der Waals surface area contributed by atoms with Crippen LogP contribution in [0.1, 0.15) is 16.7 Å². The van der Waals surface area contributed by atoms with Crippen LogP contribution >= 0.6 is 0 Å². The predicted molar refractivity (Wildman–Crippen MR) is 115 cm³/mol. The van der Waals surface area contributed by atoms with Crippen molar-refractivity contribution >= 4 is 22.9 Å². The van der Waals surface area contributed by atoms with Crippen molar-refractivity contribution < 1.29 is 22.3 Å². The number of rotatable bonds is 7. The first-order valence-corrected chi connectivity index (χ1v) is 11.1. The first-order valence-electron chi connectivity index (χ1n) is 9.98. The number of fused-ring (bicyclic) bond motifs is 2. The molecule has 1 aliphatic rings. The number of halogens is 2. The van der Waals surface area contributed by atoms with Gasteiger partial charge in [-0.1, -0.05) is 12.1 Å². The number of benzene rings is 2. The van der Waals surface area contributed by atoms with Gasteiger partial charge in [-0.25, -0.2) is 18.5 Å².